The van der Waals surface area contributed by atoms with E-state index in [0.717, 1.165) is 11.3 Å². The fourth-order valence-corrected chi connectivity index (χ4v) is 2.88. The van der Waals surface area contributed by atoms with E-state index in [9.17, 15) is 9.59 Å². The van der Waals surface area contributed by atoms with Crippen LogP contribution in [0.1, 0.15) is 10.4 Å². The Morgan fingerprint density at radius 2 is 2.00 bits per heavy atom. The van der Waals surface area contributed by atoms with E-state index in [1.165, 1.54) is 29.7 Å². The van der Waals surface area contributed by atoms with E-state index in [-0.39, 0.29) is 10.7 Å². The van der Waals surface area contributed by atoms with Crippen molar-refractivity contribution in [2.75, 3.05) is 11.9 Å². The molecule has 0 radical (unpaired) electrons. The summed E-state index contributed by atoms with van der Waals surface area (Å²) in [7, 11) is 0. The minimum Gasteiger partial charge on any atom is -0.452 e. The van der Waals surface area contributed by atoms with Gasteiger partial charge in [-0.15, -0.1) is 11.3 Å². The lowest BCUT2D eigenvalue weighted by Crippen LogP contribution is -2.20. The minimum atomic E-state index is -0.649. The molecule has 1 aromatic carbocycles. The van der Waals surface area contributed by atoms with Crippen LogP contribution in [-0.2, 0) is 9.53 Å². The number of anilines is 1. The standard InChI is InChI=1S/C17H12ClN3O3S/c18-14-8-12(6-7-19-14)16(23)24-9-15(22)21-17-20-13(10-25-17)11-4-2-1-3-5-11/h1-8,10H,9H2,(H,20,21,22). The third kappa shape index (κ3) is 4.62. The molecule has 0 bridgehead atoms. The molecule has 25 heavy (non-hydrogen) atoms. The summed E-state index contributed by atoms with van der Waals surface area (Å²) in [4.78, 5) is 31.9. The van der Waals surface area contributed by atoms with E-state index < -0.39 is 18.5 Å². The van der Waals surface area contributed by atoms with Crippen LogP contribution in [0, 0.1) is 0 Å². The van der Waals surface area contributed by atoms with Crippen LogP contribution in [0.2, 0.25) is 5.15 Å². The lowest BCUT2D eigenvalue weighted by Gasteiger charge is -2.04. The first-order valence-electron chi connectivity index (χ1n) is 7.21. The smallest absolute Gasteiger partial charge is 0.338 e. The molecular formula is C17H12ClN3O3S. The van der Waals surface area contributed by atoms with Crippen molar-refractivity contribution in [3.8, 4) is 11.3 Å². The molecule has 1 amide bonds. The maximum absolute atomic E-state index is 11.9. The van der Waals surface area contributed by atoms with Crippen LogP contribution < -0.4 is 5.32 Å². The van der Waals surface area contributed by atoms with Crippen LogP contribution in [0.15, 0.2) is 54.0 Å². The highest BCUT2D eigenvalue weighted by molar-refractivity contribution is 7.14. The highest BCUT2D eigenvalue weighted by Crippen LogP contribution is 2.24. The zero-order valence-electron chi connectivity index (χ0n) is 12.8. The highest BCUT2D eigenvalue weighted by atomic mass is 35.5. The Morgan fingerprint density at radius 1 is 1.20 bits per heavy atom. The number of amides is 1. The zero-order chi connectivity index (χ0) is 17.6. The van der Waals surface area contributed by atoms with Gasteiger partial charge in [-0.2, -0.15) is 0 Å². The number of carbonyl (C=O) groups is 2. The Bertz CT molecular complexity index is 899. The molecule has 6 nitrogen and oxygen atoms in total. The molecule has 1 N–H and O–H groups in total. The number of esters is 1. The molecule has 0 aliphatic heterocycles. The summed E-state index contributed by atoms with van der Waals surface area (Å²) in [6.45, 7) is -0.418. The third-order valence-corrected chi connectivity index (χ3v) is 4.08. The first kappa shape index (κ1) is 17.1. The van der Waals surface area contributed by atoms with Crippen molar-refractivity contribution in [3.05, 3.63) is 64.8 Å². The fourth-order valence-electron chi connectivity index (χ4n) is 1.97. The largest absolute Gasteiger partial charge is 0.452 e. The van der Waals surface area contributed by atoms with Crippen LogP contribution in [0.4, 0.5) is 5.13 Å². The number of carbonyl (C=O) groups excluding carboxylic acids is 2. The molecule has 2 aromatic heterocycles. The van der Waals surface area contributed by atoms with Crippen LogP contribution in [0.5, 0.6) is 0 Å². The van der Waals surface area contributed by atoms with E-state index in [1.54, 1.807) is 0 Å². The molecule has 2 heterocycles. The van der Waals surface area contributed by atoms with Gasteiger partial charge < -0.3 is 4.74 Å². The van der Waals surface area contributed by atoms with Crippen molar-refractivity contribution >= 4 is 39.9 Å². The molecule has 0 atom stereocenters. The quantitative estimate of drug-likeness (QED) is 0.545. The molecular weight excluding hydrogens is 362 g/mol. The summed E-state index contributed by atoms with van der Waals surface area (Å²) in [6, 6.07) is 12.4. The van der Waals surface area contributed by atoms with Gasteiger partial charge in [0.05, 0.1) is 11.3 Å². The fraction of sp³-hybridized carbons (Fsp3) is 0.0588. The maximum Gasteiger partial charge on any atom is 0.338 e. The lowest BCUT2D eigenvalue weighted by molar-refractivity contribution is -0.119. The van der Waals surface area contributed by atoms with Gasteiger partial charge in [0, 0.05) is 17.1 Å². The Balaban J connectivity index is 1.55. The number of aromatic nitrogens is 2. The molecule has 0 saturated heterocycles. The van der Waals surface area contributed by atoms with Gasteiger partial charge in [-0.25, -0.2) is 14.8 Å². The first-order chi connectivity index (χ1) is 12.1. The normalized spacial score (nSPS) is 10.3. The van der Waals surface area contributed by atoms with Gasteiger partial charge in [0.15, 0.2) is 11.7 Å². The van der Waals surface area contributed by atoms with E-state index in [4.69, 9.17) is 16.3 Å². The number of pyridine rings is 1. The Kier molecular flexibility index (Phi) is 5.37. The summed E-state index contributed by atoms with van der Waals surface area (Å²) < 4.78 is 4.95. The Morgan fingerprint density at radius 3 is 2.76 bits per heavy atom. The zero-order valence-corrected chi connectivity index (χ0v) is 14.4. The van der Waals surface area contributed by atoms with Crippen molar-refractivity contribution in [2.45, 2.75) is 0 Å². The van der Waals surface area contributed by atoms with Gasteiger partial charge in [-0.05, 0) is 12.1 Å². The number of nitrogens with zero attached hydrogens (tertiary/aromatic N) is 2. The minimum absolute atomic E-state index is 0.176. The third-order valence-electron chi connectivity index (χ3n) is 3.12. The average Bonchev–Trinajstić information content (AvgIpc) is 3.09. The lowest BCUT2D eigenvalue weighted by atomic mass is 10.2. The highest BCUT2D eigenvalue weighted by Gasteiger charge is 2.12. The van der Waals surface area contributed by atoms with Gasteiger partial charge in [-0.1, -0.05) is 41.9 Å². The Labute approximate surface area is 152 Å². The summed E-state index contributed by atoms with van der Waals surface area (Å²) in [5.41, 5.74) is 1.96. The first-order valence-corrected chi connectivity index (χ1v) is 8.47. The summed E-state index contributed by atoms with van der Waals surface area (Å²) in [5, 5.41) is 5.06. The molecule has 3 rings (SSSR count). The Hall–Kier alpha value is -2.77. The number of ether oxygens (including phenoxy) is 1. The number of halogens is 1. The van der Waals surface area contributed by atoms with Gasteiger partial charge >= 0.3 is 5.97 Å². The SMILES string of the molecule is O=C(COC(=O)c1ccnc(Cl)c1)Nc1nc(-c2ccccc2)cs1. The summed E-state index contributed by atoms with van der Waals surface area (Å²) >= 11 is 7.00. The molecule has 0 fully saturated rings. The van der Waals surface area contributed by atoms with E-state index in [1.807, 2.05) is 35.7 Å². The van der Waals surface area contributed by atoms with Crippen molar-refractivity contribution in [1.29, 1.82) is 0 Å². The maximum atomic E-state index is 11.9. The predicted octanol–water partition coefficient (Wildman–Crippen LogP) is 3.65. The van der Waals surface area contributed by atoms with Crippen LogP contribution in [-0.4, -0.2) is 28.5 Å². The summed E-state index contributed by atoms with van der Waals surface area (Å²) in [6.07, 6.45) is 1.39. The summed E-state index contributed by atoms with van der Waals surface area (Å²) in [5.74, 6) is -1.12. The number of benzene rings is 1. The van der Waals surface area contributed by atoms with Gasteiger partial charge in [0.1, 0.15) is 5.15 Å². The van der Waals surface area contributed by atoms with Crippen LogP contribution >= 0.6 is 22.9 Å². The molecule has 126 valence electrons. The topological polar surface area (TPSA) is 81.2 Å². The van der Waals surface area contributed by atoms with Crippen LogP contribution in [0.25, 0.3) is 11.3 Å². The monoisotopic (exact) mass is 373 g/mol. The van der Waals surface area contributed by atoms with Crippen molar-refractivity contribution < 1.29 is 14.3 Å². The molecule has 0 spiro atoms. The molecule has 8 heteroatoms. The number of rotatable bonds is 5. The molecule has 0 unspecified atom stereocenters. The van der Waals surface area contributed by atoms with E-state index in [2.05, 4.69) is 15.3 Å². The number of thiazole rings is 1. The van der Waals surface area contributed by atoms with Crippen molar-refractivity contribution in [1.82, 2.24) is 9.97 Å². The second-order valence-electron chi connectivity index (χ2n) is 4.90. The van der Waals surface area contributed by atoms with E-state index >= 15 is 0 Å². The van der Waals surface area contributed by atoms with Crippen LogP contribution in [0.3, 0.4) is 0 Å². The number of nitrogens with one attached hydrogen (secondary N) is 1. The molecule has 3 aromatic rings. The molecule has 0 aliphatic carbocycles. The second-order valence-corrected chi connectivity index (χ2v) is 6.14. The van der Waals surface area contributed by atoms with Crippen molar-refractivity contribution in [2.24, 2.45) is 0 Å². The molecule has 0 aliphatic rings. The van der Waals surface area contributed by atoms with Gasteiger partial charge in [0.2, 0.25) is 0 Å². The van der Waals surface area contributed by atoms with E-state index in [0.29, 0.717) is 5.13 Å². The van der Waals surface area contributed by atoms with Crippen molar-refractivity contribution in [3.63, 3.8) is 0 Å². The van der Waals surface area contributed by atoms with Gasteiger partial charge in [0.25, 0.3) is 5.91 Å². The second kappa shape index (κ2) is 7.87. The molecule has 0 saturated carbocycles. The predicted molar refractivity (Wildman–Crippen MR) is 95.7 cm³/mol. The average molecular weight is 374 g/mol. The number of hydrogen-bond acceptors (Lipinski definition) is 6. The van der Waals surface area contributed by atoms with Gasteiger partial charge in [-0.3, -0.25) is 10.1 Å². The number of hydrogen-bond donors (Lipinski definition) is 1.